The zero-order valence-electron chi connectivity index (χ0n) is 12.5. The van der Waals surface area contributed by atoms with Gasteiger partial charge in [0.2, 0.25) is 0 Å². The summed E-state index contributed by atoms with van der Waals surface area (Å²) < 4.78 is 0. The SMILES string of the molecule is CC(C)CC1CSC(Nc2cccc3c2CCCC3)=N1. The maximum atomic E-state index is 4.84. The number of aliphatic imine (C=N–C) groups is 1. The van der Waals surface area contributed by atoms with Gasteiger partial charge in [0, 0.05) is 11.4 Å². The van der Waals surface area contributed by atoms with Crippen LogP contribution in [0.4, 0.5) is 5.69 Å². The molecule has 1 aromatic rings. The summed E-state index contributed by atoms with van der Waals surface area (Å²) in [5.74, 6) is 1.86. The molecule has 2 nitrogen and oxygen atoms in total. The number of rotatable bonds is 3. The van der Waals surface area contributed by atoms with Gasteiger partial charge in [-0.2, -0.15) is 0 Å². The fourth-order valence-electron chi connectivity index (χ4n) is 3.16. The summed E-state index contributed by atoms with van der Waals surface area (Å²) >= 11 is 1.88. The number of aryl methyl sites for hydroxylation is 1. The van der Waals surface area contributed by atoms with Gasteiger partial charge in [-0.05, 0) is 55.2 Å². The monoisotopic (exact) mass is 288 g/mol. The van der Waals surface area contributed by atoms with Crippen molar-refractivity contribution in [3.63, 3.8) is 0 Å². The lowest BCUT2D eigenvalue weighted by Crippen LogP contribution is -2.11. The maximum absolute atomic E-state index is 4.84. The summed E-state index contributed by atoms with van der Waals surface area (Å²) in [6, 6.07) is 7.17. The fraction of sp³-hybridized carbons (Fsp3) is 0.588. The predicted molar refractivity (Wildman–Crippen MR) is 89.8 cm³/mol. The van der Waals surface area contributed by atoms with Gasteiger partial charge in [-0.15, -0.1) is 0 Å². The van der Waals surface area contributed by atoms with Crippen LogP contribution >= 0.6 is 11.8 Å². The number of nitrogens with zero attached hydrogens (tertiary/aromatic N) is 1. The number of thioether (sulfide) groups is 1. The van der Waals surface area contributed by atoms with Crippen LogP contribution in [0.2, 0.25) is 0 Å². The summed E-state index contributed by atoms with van der Waals surface area (Å²) in [6.07, 6.45) is 6.31. The van der Waals surface area contributed by atoms with Gasteiger partial charge in [-0.25, -0.2) is 0 Å². The van der Waals surface area contributed by atoms with E-state index in [2.05, 4.69) is 37.4 Å². The van der Waals surface area contributed by atoms with Crippen molar-refractivity contribution in [1.82, 2.24) is 0 Å². The Morgan fingerprint density at radius 1 is 1.30 bits per heavy atom. The normalized spacial score (nSPS) is 21.8. The second-order valence-electron chi connectivity index (χ2n) is 6.30. The van der Waals surface area contributed by atoms with Crippen LogP contribution in [0.3, 0.4) is 0 Å². The number of hydrogen-bond donors (Lipinski definition) is 1. The highest BCUT2D eigenvalue weighted by Crippen LogP contribution is 2.30. The highest BCUT2D eigenvalue weighted by molar-refractivity contribution is 8.14. The predicted octanol–water partition coefficient (Wildman–Crippen LogP) is 4.49. The average Bonchev–Trinajstić information content (AvgIpc) is 2.86. The number of fused-ring (bicyclic) bond motifs is 1. The quantitative estimate of drug-likeness (QED) is 0.886. The summed E-state index contributed by atoms with van der Waals surface area (Å²) in [5.41, 5.74) is 4.34. The van der Waals surface area contributed by atoms with Gasteiger partial charge in [0.05, 0.1) is 6.04 Å². The van der Waals surface area contributed by atoms with E-state index < -0.39 is 0 Å². The van der Waals surface area contributed by atoms with E-state index in [1.165, 1.54) is 48.9 Å². The van der Waals surface area contributed by atoms with Gasteiger partial charge in [-0.3, -0.25) is 4.99 Å². The van der Waals surface area contributed by atoms with Crippen LogP contribution in [-0.4, -0.2) is 17.0 Å². The third-order valence-electron chi connectivity index (χ3n) is 4.09. The Morgan fingerprint density at radius 3 is 3.00 bits per heavy atom. The molecular weight excluding hydrogens is 264 g/mol. The average molecular weight is 288 g/mol. The molecule has 1 atom stereocenters. The molecule has 1 aliphatic heterocycles. The first-order valence-electron chi connectivity index (χ1n) is 7.81. The molecule has 1 heterocycles. The second-order valence-corrected chi connectivity index (χ2v) is 7.31. The Labute approximate surface area is 126 Å². The Morgan fingerprint density at radius 2 is 2.15 bits per heavy atom. The molecule has 108 valence electrons. The fourth-order valence-corrected chi connectivity index (χ4v) is 4.13. The molecule has 0 saturated heterocycles. The van der Waals surface area contributed by atoms with Crippen LogP contribution < -0.4 is 5.32 Å². The topological polar surface area (TPSA) is 24.4 Å². The maximum Gasteiger partial charge on any atom is 0.161 e. The molecule has 1 aromatic carbocycles. The second kappa shape index (κ2) is 6.21. The van der Waals surface area contributed by atoms with E-state index >= 15 is 0 Å². The third kappa shape index (κ3) is 3.20. The number of anilines is 1. The molecular formula is C17H24N2S. The zero-order valence-corrected chi connectivity index (χ0v) is 13.3. The first kappa shape index (κ1) is 14.0. The van der Waals surface area contributed by atoms with E-state index in [-0.39, 0.29) is 0 Å². The number of nitrogens with one attached hydrogen (secondary N) is 1. The van der Waals surface area contributed by atoms with E-state index in [1.54, 1.807) is 0 Å². The van der Waals surface area contributed by atoms with Crippen molar-refractivity contribution in [3.05, 3.63) is 29.3 Å². The Balaban J connectivity index is 1.72. The molecule has 0 bridgehead atoms. The molecule has 20 heavy (non-hydrogen) atoms. The van der Waals surface area contributed by atoms with Gasteiger partial charge in [0.25, 0.3) is 0 Å². The minimum atomic E-state index is 0.502. The zero-order chi connectivity index (χ0) is 13.9. The van der Waals surface area contributed by atoms with E-state index in [4.69, 9.17) is 4.99 Å². The molecule has 1 aliphatic carbocycles. The number of benzene rings is 1. The van der Waals surface area contributed by atoms with Crippen molar-refractivity contribution in [3.8, 4) is 0 Å². The Bertz CT molecular complexity index is 508. The van der Waals surface area contributed by atoms with E-state index in [9.17, 15) is 0 Å². The third-order valence-corrected chi connectivity index (χ3v) is 5.13. The summed E-state index contributed by atoms with van der Waals surface area (Å²) in [6.45, 7) is 4.55. The largest absolute Gasteiger partial charge is 0.335 e. The first-order chi connectivity index (χ1) is 9.72. The van der Waals surface area contributed by atoms with Gasteiger partial charge in [-0.1, -0.05) is 37.7 Å². The molecule has 0 radical (unpaired) electrons. The number of hydrogen-bond acceptors (Lipinski definition) is 3. The minimum Gasteiger partial charge on any atom is -0.335 e. The molecule has 0 fully saturated rings. The van der Waals surface area contributed by atoms with Crippen LogP contribution in [0.5, 0.6) is 0 Å². The summed E-state index contributed by atoms with van der Waals surface area (Å²) in [7, 11) is 0. The minimum absolute atomic E-state index is 0.502. The highest BCUT2D eigenvalue weighted by Gasteiger charge is 2.20. The number of amidine groups is 1. The van der Waals surface area contributed by atoms with Crippen molar-refractivity contribution in [2.24, 2.45) is 10.9 Å². The van der Waals surface area contributed by atoms with Gasteiger partial charge in [0.1, 0.15) is 0 Å². The summed E-state index contributed by atoms with van der Waals surface area (Å²) in [4.78, 5) is 4.84. The van der Waals surface area contributed by atoms with Crippen molar-refractivity contribution in [1.29, 1.82) is 0 Å². The standard InChI is InChI=1S/C17H24N2S/c1-12(2)10-14-11-20-17(18-14)19-16-9-5-7-13-6-3-4-8-15(13)16/h5,7,9,12,14H,3-4,6,8,10-11H2,1-2H3,(H,18,19). The molecule has 0 saturated carbocycles. The van der Waals surface area contributed by atoms with Gasteiger partial charge >= 0.3 is 0 Å². The van der Waals surface area contributed by atoms with Gasteiger partial charge < -0.3 is 5.32 Å². The summed E-state index contributed by atoms with van der Waals surface area (Å²) in [5, 5.41) is 4.71. The molecule has 0 amide bonds. The molecule has 1 N–H and O–H groups in total. The first-order valence-corrected chi connectivity index (χ1v) is 8.79. The van der Waals surface area contributed by atoms with Crippen LogP contribution in [0.15, 0.2) is 23.2 Å². The van der Waals surface area contributed by atoms with Crippen molar-refractivity contribution >= 4 is 22.6 Å². The molecule has 0 aromatic heterocycles. The molecule has 3 rings (SSSR count). The van der Waals surface area contributed by atoms with Crippen molar-refractivity contribution in [2.75, 3.05) is 11.1 Å². The lowest BCUT2D eigenvalue weighted by Gasteiger charge is -2.19. The van der Waals surface area contributed by atoms with Gasteiger partial charge in [0.15, 0.2) is 5.17 Å². The molecule has 3 heteroatoms. The van der Waals surface area contributed by atoms with Crippen LogP contribution in [0.1, 0.15) is 44.2 Å². The van der Waals surface area contributed by atoms with Crippen LogP contribution in [0, 0.1) is 5.92 Å². The van der Waals surface area contributed by atoms with Crippen molar-refractivity contribution < 1.29 is 0 Å². The van der Waals surface area contributed by atoms with E-state index in [0.29, 0.717) is 6.04 Å². The molecule has 1 unspecified atom stereocenters. The lowest BCUT2D eigenvalue weighted by atomic mass is 9.90. The smallest absolute Gasteiger partial charge is 0.161 e. The van der Waals surface area contributed by atoms with Crippen LogP contribution in [-0.2, 0) is 12.8 Å². The van der Waals surface area contributed by atoms with Crippen molar-refractivity contribution in [2.45, 2.75) is 52.0 Å². The van der Waals surface area contributed by atoms with Crippen LogP contribution in [0.25, 0.3) is 0 Å². The lowest BCUT2D eigenvalue weighted by molar-refractivity contribution is 0.529. The highest BCUT2D eigenvalue weighted by atomic mass is 32.2. The molecule has 0 spiro atoms. The molecule has 2 aliphatic rings. The van der Waals surface area contributed by atoms with E-state index in [0.717, 1.165) is 16.8 Å². The van der Waals surface area contributed by atoms with E-state index in [1.807, 2.05) is 11.8 Å². The Kier molecular flexibility index (Phi) is 4.35. The Hall–Kier alpha value is -0.960.